The van der Waals surface area contributed by atoms with Crippen LogP contribution in [0, 0.1) is 12.3 Å². The first-order chi connectivity index (χ1) is 15.0. The van der Waals surface area contributed by atoms with Gasteiger partial charge in [-0.1, -0.05) is 31.4 Å². The van der Waals surface area contributed by atoms with Gasteiger partial charge < -0.3 is 14.5 Å². The minimum atomic E-state index is -0.678. The van der Waals surface area contributed by atoms with E-state index in [1.54, 1.807) is 31.4 Å². The van der Waals surface area contributed by atoms with E-state index < -0.39 is 11.5 Å². The van der Waals surface area contributed by atoms with Crippen LogP contribution in [-0.2, 0) is 13.0 Å². The number of carbonyl (C=O) groups is 1. The number of hydrogen-bond acceptors (Lipinski definition) is 5. The molecular formula is C25H26N2O4. The Balaban J connectivity index is 1.83. The van der Waals surface area contributed by atoms with E-state index in [9.17, 15) is 9.59 Å². The van der Waals surface area contributed by atoms with Crippen molar-refractivity contribution in [3.05, 3.63) is 69.6 Å². The van der Waals surface area contributed by atoms with E-state index in [0.717, 1.165) is 17.5 Å². The summed E-state index contributed by atoms with van der Waals surface area (Å²) < 4.78 is 10.9. The van der Waals surface area contributed by atoms with E-state index >= 15 is 0 Å². The van der Waals surface area contributed by atoms with Crippen LogP contribution in [0.4, 0.5) is 5.69 Å². The fraction of sp³-hybridized carbons (Fsp3) is 0.280. The van der Waals surface area contributed by atoms with E-state index in [2.05, 4.69) is 11.2 Å². The first-order valence-corrected chi connectivity index (χ1v) is 10.1. The summed E-state index contributed by atoms with van der Waals surface area (Å²) in [5.74, 6) is 2.76. The van der Waals surface area contributed by atoms with Crippen molar-refractivity contribution < 1.29 is 13.9 Å². The van der Waals surface area contributed by atoms with Crippen LogP contribution in [0.15, 0.2) is 51.7 Å². The molecule has 1 heterocycles. The zero-order chi connectivity index (χ0) is 22.4. The molecule has 0 unspecified atom stereocenters. The number of fused-ring (bicyclic) bond motifs is 1. The highest BCUT2D eigenvalue weighted by atomic mass is 16.5. The van der Waals surface area contributed by atoms with Gasteiger partial charge in [0.2, 0.25) is 0 Å². The molecule has 2 aromatic carbocycles. The largest absolute Gasteiger partial charge is 0.496 e. The Bertz CT molecular complexity index is 1170. The Kier molecular flexibility index (Phi) is 7.11. The average molecular weight is 418 g/mol. The second-order valence-corrected chi connectivity index (χ2v) is 7.39. The number of rotatable bonds is 8. The molecule has 3 rings (SSSR count). The predicted molar refractivity (Wildman–Crippen MR) is 123 cm³/mol. The minimum absolute atomic E-state index is 0.0436. The van der Waals surface area contributed by atoms with Gasteiger partial charge in [0.25, 0.3) is 5.91 Å². The molecule has 0 saturated heterocycles. The molecule has 0 radical (unpaired) electrons. The molecular weight excluding hydrogens is 392 g/mol. The van der Waals surface area contributed by atoms with Crippen LogP contribution in [0.3, 0.4) is 0 Å². The molecule has 0 bridgehead atoms. The molecule has 0 aliphatic rings. The number of ether oxygens (including phenoxy) is 1. The maximum absolute atomic E-state index is 12.7. The number of terminal acetylenes is 1. The van der Waals surface area contributed by atoms with Gasteiger partial charge in [-0.15, -0.1) is 6.42 Å². The molecule has 1 amide bonds. The molecule has 0 aliphatic heterocycles. The highest BCUT2D eigenvalue weighted by Crippen LogP contribution is 2.29. The summed E-state index contributed by atoms with van der Waals surface area (Å²) in [6.45, 7) is 3.30. The van der Waals surface area contributed by atoms with Crippen molar-refractivity contribution in [2.75, 3.05) is 26.0 Å². The van der Waals surface area contributed by atoms with E-state index in [1.807, 2.05) is 37.1 Å². The fourth-order valence-electron chi connectivity index (χ4n) is 3.48. The Morgan fingerprint density at radius 2 is 1.97 bits per heavy atom. The lowest BCUT2D eigenvalue weighted by molar-refractivity contribution is 0.102. The molecule has 6 heteroatoms. The summed E-state index contributed by atoms with van der Waals surface area (Å²) in [4.78, 5) is 27.3. The lowest BCUT2D eigenvalue weighted by atomic mass is 10.0. The van der Waals surface area contributed by atoms with Crippen LogP contribution in [-0.4, -0.2) is 31.5 Å². The normalized spacial score (nSPS) is 10.8. The molecule has 0 aliphatic carbocycles. The molecule has 0 spiro atoms. The lowest BCUT2D eigenvalue weighted by Crippen LogP contribution is -2.21. The highest BCUT2D eigenvalue weighted by molar-refractivity contribution is 6.05. The van der Waals surface area contributed by atoms with Gasteiger partial charge in [-0.3, -0.25) is 9.69 Å². The molecule has 3 aromatic rings. The van der Waals surface area contributed by atoms with Gasteiger partial charge in [0, 0.05) is 23.2 Å². The third-order valence-corrected chi connectivity index (χ3v) is 4.95. The van der Waals surface area contributed by atoms with Crippen LogP contribution in [0.25, 0.3) is 11.0 Å². The maximum Gasteiger partial charge on any atom is 0.349 e. The fourth-order valence-corrected chi connectivity index (χ4v) is 3.48. The topological polar surface area (TPSA) is 71.8 Å². The second-order valence-electron chi connectivity index (χ2n) is 7.39. The lowest BCUT2D eigenvalue weighted by Gasteiger charge is -2.13. The molecule has 1 aromatic heterocycles. The van der Waals surface area contributed by atoms with E-state index in [1.165, 1.54) is 0 Å². The summed E-state index contributed by atoms with van der Waals surface area (Å²) >= 11 is 0. The number of carbonyl (C=O) groups excluding carboxylic acids is 1. The van der Waals surface area contributed by atoms with Gasteiger partial charge in [0.05, 0.1) is 13.7 Å². The molecule has 31 heavy (non-hydrogen) atoms. The van der Waals surface area contributed by atoms with Crippen molar-refractivity contribution in [2.24, 2.45) is 0 Å². The highest BCUT2D eigenvalue weighted by Gasteiger charge is 2.17. The van der Waals surface area contributed by atoms with Crippen LogP contribution < -0.4 is 15.7 Å². The van der Waals surface area contributed by atoms with Crippen molar-refractivity contribution in [1.29, 1.82) is 0 Å². The number of aryl methyl sites for hydroxylation is 1. The van der Waals surface area contributed by atoms with Crippen molar-refractivity contribution in [3.63, 3.8) is 0 Å². The Morgan fingerprint density at radius 1 is 1.23 bits per heavy atom. The molecule has 160 valence electrons. The van der Waals surface area contributed by atoms with Gasteiger partial charge in [-0.25, -0.2) is 4.79 Å². The SMILES string of the molecule is C#CCN(C)Cc1ccc(NC(=O)c2cc3ccc(OC)c(CCC)c3oc2=O)cc1. The number of methoxy groups -OCH3 is 1. The van der Waals surface area contributed by atoms with Crippen LogP contribution >= 0.6 is 0 Å². The first-order valence-electron chi connectivity index (χ1n) is 10.1. The summed E-state index contributed by atoms with van der Waals surface area (Å²) in [6, 6.07) is 12.6. The average Bonchev–Trinajstić information content (AvgIpc) is 2.75. The van der Waals surface area contributed by atoms with Crippen LogP contribution in [0.5, 0.6) is 5.75 Å². The van der Waals surface area contributed by atoms with Crippen LogP contribution in [0.2, 0.25) is 0 Å². The summed E-state index contributed by atoms with van der Waals surface area (Å²) in [7, 11) is 3.52. The van der Waals surface area contributed by atoms with Crippen molar-refractivity contribution >= 4 is 22.6 Å². The Labute approximate surface area is 181 Å². The van der Waals surface area contributed by atoms with E-state index in [-0.39, 0.29) is 5.56 Å². The third kappa shape index (κ3) is 5.14. The second kappa shape index (κ2) is 9.96. The molecule has 0 saturated carbocycles. The molecule has 0 atom stereocenters. The zero-order valence-electron chi connectivity index (χ0n) is 18.0. The number of benzene rings is 2. The first kappa shape index (κ1) is 22.1. The summed E-state index contributed by atoms with van der Waals surface area (Å²) in [5.41, 5.74) is 2.23. The number of anilines is 1. The van der Waals surface area contributed by atoms with E-state index in [4.69, 9.17) is 15.6 Å². The summed E-state index contributed by atoms with van der Waals surface area (Å²) in [5, 5.41) is 3.44. The number of hydrogen-bond donors (Lipinski definition) is 1. The standard InChI is InChI=1S/C25H26N2O4/c1-5-7-20-22(30-4)13-10-18-15-21(25(29)31-23(18)20)24(28)26-19-11-8-17(9-12-19)16-27(3)14-6-2/h2,8-13,15H,5,7,14,16H2,1,3-4H3,(H,26,28). The van der Waals surface area contributed by atoms with Gasteiger partial charge in [0.1, 0.15) is 16.9 Å². The van der Waals surface area contributed by atoms with Gasteiger partial charge in [-0.05, 0) is 49.4 Å². The van der Waals surface area contributed by atoms with Crippen molar-refractivity contribution in [2.45, 2.75) is 26.3 Å². The quantitative estimate of drug-likeness (QED) is 0.441. The minimum Gasteiger partial charge on any atom is -0.496 e. The van der Waals surface area contributed by atoms with Gasteiger partial charge >= 0.3 is 5.63 Å². The number of amides is 1. The maximum atomic E-state index is 12.7. The van der Waals surface area contributed by atoms with E-state index in [0.29, 0.717) is 41.9 Å². The monoisotopic (exact) mass is 418 g/mol. The number of nitrogens with one attached hydrogen (secondary N) is 1. The van der Waals surface area contributed by atoms with Gasteiger partial charge in [0.15, 0.2) is 0 Å². The molecule has 0 fully saturated rings. The van der Waals surface area contributed by atoms with Gasteiger partial charge in [-0.2, -0.15) is 0 Å². The Morgan fingerprint density at radius 3 is 2.61 bits per heavy atom. The third-order valence-electron chi connectivity index (χ3n) is 4.95. The smallest absolute Gasteiger partial charge is 0.349 e. The van der Waals surface area contributed by atoms with Crippen molar-refractivity contribution in [1.82, 2.24) is 4.90 Å². The number of nitrogens with zero attached hydrogens (tertiary/aromatic N) is 1. The molecule has 1 N–H and O–H groups in total. The molecule has 6 nitrogen and oxygen atoms in total. The summed E-state index contributed by atoms with van der Waals surface area (Å²) in [6.07, 6.45) is 6.90. The van der Waals surface area contributed by atoms with Crippen molar-refractivity contribution in [3.8, 4) is 18.1 Å². The zero-order valence-corrected chi connectivity index (χ0v) is 18.0. The Hall–Kier alpha value is -3.56. The van der Waals surface area contributed by atoms with Crippen LogP contribution in [0.1, 0.15) is 34.8 Å². The predicted octanol–water partition coefficient (Wildman–Crippen LogP) is 4.07.